The fraction of sp³-hybridized carbons (Fsp3) is 0.357. The zero-order valence-corrected chi connectivity index (χ0v) is 13.9. The second kappa shape index (κ2) is 6.10. The van der Waals surface area contributed by atoms with Gasteiger partial charge in [0.15, 0.2) is 0 Å². The van der Waals surface area contributed by atoms with E-state index in [2.05, 4.69) is 26.1 Å². The molecule has 0 spiro atoms. The van der Waals surface area contributed by atoms with Crippen molar-refractivity contribution in [3.63, 3.8) is 0 Å². The number of aromatic nitrogens is 2. The molecule has 20 heavy (non-hydrogen) atoms. The van der Waals surface area contributed by atoms with Gasteiger partial charge in [-0.15, -0.1) is 10.2 Å². The lowest BCUT2D eigenvalue weighted by atomic mass is 9.92. The summed E-state index contributed by atoms with van der Waals surface area (Å²) in [5, 5.41) is 8.36. The lowest BCUT2D eigenvalue weighted by Crippen LogP contribution is -2.21. The van der Waals surface area contributed by atoms with Gasteiger partial charge in [0, 0.05) is 15.5 Å². The largest absolute Gasteiger partial charge is 0.411 e. The van der Waals surface area contributed by atoms with E-state index in [0.29, 0.717) is 16.9 Å². The van der Waals surface area contributed by atoms with Crippen molar-refractivity contribution < 1.29 is 9.21 Å². The summed E-state index contributed by atoms with van der Waals surface area (Å²) in [7, 11) is 0. The van der Waals surface area contributed by atoms with E-state index >= 15 is 0 Å². The summed E-state index contributed by atoms with van der Waals surface area (Å²) in [6.07, 6.45) is 0. The highest BCUT2D eigenvalue weighted by molar-refractivity contribution is 9.10. The Morgan fingerprint density at radius 1 is 1.25 bits per heavy atom. The number of thioether (sulfide) groups is 1. The zero-order chi connectivity index (χ0) is 14.8. The molecule has 0 atom stereocenters. The third kappa shape index (κ3) is 3.93. The van der Waals surface area contributed by atoms with E-state index in [-0.39, 0.29) is 11.2 Å². The van der Waals surface area contributed by atoms with Crippen LogP contribution in [0.2, 0.25) is 0 Å². The van der Waals surface area contributed by atoms with Gasteiger partial charge in [0.2, 0.25) is 5.89 Å². The Kier molecular flexibility index (Phi) is 4.65. The third-order valence-electron chi connectivity index (χ3n) is 2.66. The maximum absolute atomic E-state index is 11.8. The van der Waals surface area contributed by atoms with Gasteiger partial charge in [0.05, 0.1) is 5.75 Å². The first-order chi connectivity index (χ1) is 9.36. The van der Waals surface area contributed by atoms with Gasteiger partial charge in [-0.25, -0.2) is 0 Å². The molecule has 0 bridgehead atoms. The van der Waals surface area contributed by atoms with Crippen LogP contribution < -0.4 is 0 Å². The van der Waals surface area contributed by atoms with Gasteiger partial charge in [0.25, 0.3) is 5.22 Å². The second-order valence-electron chi connectivity index (χ2n) is 5.34. The van der Waals surface area contributed by atoms with Crippen molar-refractivity contribution >= 4 is 33.5 Å². The molecule has 0 radical (unpaired) electrons. The summed E-state index contributed by atoms with van der Waals surface area (Å²) in [6, 6.07) is 7.61. The highest BCUT2D eigenvalue weighted by Crippen LogP contribution is 2.26. The molecule has 0 aliphatic carbocycles. The molecule has 4 nitrogen and oxygen atoms in total. The normalized spacial score (nSPS) is 11.6. The van der Waals surface area contributed by atoms with E-state index in [1.54, 1.807) is 0 Å². The van der Waals surface area contributed by atoms with Crippen molar-refractivity contribution in [2.75, 3.05) is 5.75 Å². The Morgan fingerprint density at radius 3 is 2.50 bits per heavy atom. The van der Waals surface area contributed by atoms with E-state index in [0.717, 1.165) is 10.0 Å². The molecule has 1 aromatic carbocycles. The first-order valence-electron chi connectivity index (χ1n) is 6.12. The van der Waals surface area contributed by atoms with Crippen molar-refractivity contribution in [3.8, 4) is 11.5 Å². The van der Waals surface area contributed by atoms with Crippen molar-refractivity contribution in [1.82, 2.24) is 10.2 Å². The molecule has 0 aliphatic heterocycles. The van der Waals surface area contributed by atoms with Gasteiger partial charge in [-0.05, 0) is 24.3 Å². The van der Waals surface area contributed by atoms with Crippen LogP contribution in [0.15, 0.2) is 38.4 Å². The minimum absolute atomic E-state index is 0.158. The quantitative estimate of drug-likeness (QED) is 0.769. The summed E-state index contributed by atoms with van der Waals surface area (Å²) in [5.74, 6) is 0.958. The van der Waals surface area contributed by atoms with Gasteiger partial charge >= 0.3 is 0 Å². The average molecular weight is 355 g/mol. The average Bonchev–Trinajstić information content (AvgIpc) is 2.84. The number of carbonyl (C=O) groups is 1. The predicted molar refractivity (Wildman–Crippen MR) is 82.6 cm³/mol. The monoisotopic (exact) mass is 354 g/mol. The molecule has 0 N–H and O–H groups in total. The molecule has 0 unspecified atom stereocenters. The van der Waals surface area contributed by atoms with Gasteiger partial charge in [-0.2, -0.15) is 0 Å². The van der Waals surface area contributed by atoms with Gasteiger partial charge in [-0.1, -0.05) is 48.5 Å². The second-order valence-corrected chi connectivity index (χ2v) is 7.18. The minimum Gasteiger partial charge on any atom is -0.411 e. The van der Waals surface area contributed by atoms with Crippen molar-refractivity contribution in [1.29, 1.82) is 0 Å². The van der Waals surface area contributed by atoms with Crippen LogP contribution in [0.25, 0.3) is 11.5 Å². The summed E-state index contributed by atoms with van der Waals surface area (Å²) in [4.78, 5) is 11.8. The Balaban J connectivity index is 2.03. The highest BCUT2D eigenvalue weighted by atomic mass is 79.9. The van der Waals surface area contributed by atoms with Crippen molar-refractivity contribution in [2.45, 2.75) is 26.0 Å². The van der Waals surface area contributed by atoms with Crippen LogP contribution in [-0.4, -0.2) is 21.7 Å². The molecule has 0 aliphatic rings. The number of hydrogen-bond donors (Lipinski definition) is 0. The Labute approximate surface area is 130 Å². The third-order valence-corrected chi connectivity index (χ3v) is 4.01. The molecule has 1 heterocycles. The highest BCUT2D eigenvalue weighted by Gasteiger charge is 2.22. The number of ketones is 1. The Hall–Kier alpha value is -1.14. The van der Waals surface area contributed by atoms with Crippen LogP contribution in [0.4, 0.5) is 0 Å². The molecule has 6 heteroatoms. The van der Waals surface area contributed by atoms with E-state index in [4.69, 9.17) is 4.42 Å². The molecule has 0 fully saturated rings. The Bertz CT molecular complexity index is 602. The van der Waals surface area contributed by atoms with E-state index < -0.39 is 0 Å². The smallest absolute Gasteiger partial charge is 0.277 e. The van der Waals surface area contributed by atoms with Crippen molar-refractivity contribution in [3.05, 3.63) is 28.7 Å². The lowest BCUT2D eigenvalue weighted by Gasteiger charge is -2.14. The summed E-state index contributed by atoms with van der Waals surface area (Å²) in [5.41, 5.74) is 0.511. The van der Waals surface area contributed by atoms with Crippen LogP contribution in [0, 0.1) is 5.41 Å². The predicted octanol–water partition coefficient (Wildman–Crippen LogP) is 4.21. The van der Waals surface area contributed by atoms with Crippen LogP contribution >= 0.6 is 27.7 Å². The fourth-order valence-electron chi connectivity index (χ4n) is 1.32. The van der Waals surface area contributed by atoms with Crippen molar-refractivity contribution in [2.24, 2.45) is 5.41 Å². The van der Waals surface area contributed by atoms with E-state index in [9.17, 15) is 4.79 Å². The van der Waals surface area contributed by atoms with Gasteiger partial charge in [0.1, 0.15) is 5.78 Å². The summed E-state index contributed by atoms with van der Waals surface area (Å²) in [6.45, 7) is 5.70. The summed E-state index contributed by atoms with van der Waals surface area (Å²) < 4.78 is 6.54. The van der Waals surface area contributed by atoms with Crippen LogP contribution in [0.3, 0.4) is 0 Å². The van der Waals surface area contributed by atoms with Gasteiger partial charge < -0.3 is 4.42 Å². The lowest BCUT2D eigenvalue weighted by molar-refractivity contribution is -0.123. The van der Waals surface area contributed by atoms with E-state index in [1.807, 2.05) is 45.0 Å². The molecule has 0 saturated heterocycles. The number of nitrogens with zero attached hydrogens (tertiary/aromatic N) is 2. The topological polar surface area (TPSA) is 56.0 Å². The number of benzene rings is 1. The van der Waals surface area contributed by atoms with Crippen LogP contribution in [-0.2, 0) is 4.79 Å². The van der Waals surface area contributed by atoms with E-state index in [1.165, 1.54) is 11.8 Å². The number of rotatable bonds is 4. The molecule has 0 saturated carbocycles. The summed E-state index contributed by atoms with van der Waals surface area (Å²) >= 11 is 4.65. The molecular weight excluding hydrogens is 340 g/mol. The van der Waals surface area contributed by atoms with Gasteiger partial charge in [-0.3, -0.25) is 4.79 Å². The maximum atomic E-state index is 11.8. The molecular formula is C14H15BrN2O2S. The number of Topliss-reactive ketones (excluding diaryl/α,β-unsaturated/α-hetero) is 1. The fourth-order valence-corrected chi connectivity index (χ4v) is 2.51. The first-order valence-corrected chi connectivity index (χ1v) is 7.89. The standard InChI is InChI=1S/C14H15BrN2O2S/c1-14(2,3)11(18)8-20-13-17-16-12(19-13)9-4-6-10(15)7-5-9/h4-7H,8H2,1-3H3. The zero-order valence-electron chi connectivity index (χ0n) is 11.5. The van der Waals surface area contributed by atoms with Crippen LogP contribution in [0.1, 0.15) is 20.8 Å². The Morgan fingerprint density at radius 2 is 1.90 bits per heavy atom. The number of hydrogen-bond acceptors (Lipinski definition) is 5. The number of carbonyl (C=O) groups excluding carboxylic acids is 1. The minimum atomic E-state index is -0.346. The van der Waals surface area contributed by atoms with Crippen LogP contribution in [0.5, 0.6) is 0 Å². The SMILES string of the molecule is CC(C)(C)C(=O)CSc1nnc(-c2ccc(Br)cc2)o1. The number of halogens is 1. The molecule has 0 amide bonds. The molecule has 2 aromatic rings. The first kappa shape index (κ1) is 15.3. The molecule has 106 valence electrons. The molecule has 1 aromatic heterocycles. The maximum Gasteiger partial charge on any atom is 0.277 e. The molecule has 2 rings (SSSR count).